The Morgan fingerprint density at radius 3 is 2.27 bits per heavy atom. The summed E-state index contributed by atoms with van der Waals surface area (Å²) in [6.45, 7) is 16.3. The number of hydrogen-bond acceptors (Lipinski definition) is 5. The summed E-state index contributed by atoms with van der Waals surface area (Å²) in [7, 11) is -2.81. The molecule has 2 heterocycles. The van der Waals surface area contributed by atoms with Crippen LogP contribution in [0, 0.1) is 0 Å². The Bertz CT molecular complexity index is 464. The summed E-state index contributed by atoms with van der Waals surface area (Å²) in [6, 6.07) is 0. The Morgan fingerprint density at radius 1 is 1.23 bits per heavy atom. The van der Waals surface area contributed by atoms with Crippen molar-refractivity contribution in [2.45, 2.75) is 83.1 Å². The monoisotopic (exact) mass is 334 g/mol. The number of rotatable bonds is 4. The van der Waals surface area contributed by atoms with Crippen molar-refractivity contribution in [2.24, 2.45) is 0 Å². The minimum atomic E-state index is -2.81. The molecule has 130 valence electrons. The lowest BCUT2D eigenvalue weighted by atomic mass is 9.99. The summed E-state index contributed by atoms with van der Waals surface area (Å²) in [6.07, 6.45) is -0.610. The Morgan fingerprint density at radius 2 is 1.82 bits per heavy atom. The zero-order valence-corrected chi connectivity index (χ0v) is 16.0. The van der Waals surface area contributed by atoms with Crippen LogP contribution in [-0.2, 0) is 23.3 Å². The fourth-order valence-corrected chi connectivity index (χ4v) is 3.72. The number of hydrogen-bond donors (Lipinski definition) is 0. The van der Waals surface area contributed by atoms with Gasteiger partial charge < -0.3 is 18.7 Å². The molecule has 5 atom stereocenters. The third-order valence-corrected chi connectivity index (χ3v) is 7.57. The first kappa shape index (κ1) is 18.4. The van der Waals surface area contributed by atoms with E-state index in [1.165, 1.54) is 0 Å². The first-order valence-corrected chi connectivity index (χ1v) is 10.0. The van der Waals surface area contributed by atoms with Gasteiger partial charge in [0.2, 0.25) is 7.37 Å². The third-order valence-electron chi connectivity index (χ3n) is 4.50. The molecule has 2 bridgehead atoms. The predicted molar refractivity (Wildman–Crippen MR) is 86.9 cm³/mol. The van der Waals surface area contributed by atoms with Crippen molar-refractivity contribution in [1.29, 1.82) is 0 Å². The second kappa shape index (κ2) is 5.56. The van der Waals surface area contributed by atoms with E-state index in [1.807, 2.05) is 48.5 Å². The average Bonchev–Trinajstić information content (AvgIpc) is 2.76. The second-order valence-corrected chi connectivity index (χ2v) is 11.9. The van der Waals surface area contributed by atoms with Gasteiger partial charge in [-0.05, 0) is 27.7 Å². The van der Waals surface area contributed by atoms with Gasteiger partial charge in [-0.2, -0.15) is 0 Å². The quantitative estimate of drug-likeness (QED) is 0.737. The molecule has 0 aliphatic carbocycles. The number of fused-ring (bicyclic) bond motifs is 2. The van der Waals surface area contributed by atoms with Gasteiger partial charge in [0.15, 0.2) is 0 Å². The van der Waals surface area contributed by atoms with Crippen molar-refractivity contribution in [2.75, 3.05) is 19.9 Å². The van der Waals surface area contributed by atoms with E-state index in [-0.39, 0.29) is 23.9 Å². The van der Waals surface area contributed by atoms with Crippen molar-refractivity contribution < 1.29 is 23.3 Å². The van der Waals surface area contributed by atoms with Gasteiger partial charge in [-0.15, -0.1) is 0 Å². The first-order valence-electron chi connectivity index (χ1n) is 7.97. The van der Waals surface area contributed by atoms with E-state index in [4.69, 9.17) is 18.7 Å². The molecule has 6 heteroatoms. The summed E-state index contributed by atoms with van der Waals surface area (Å²) in [4.78, 5) is 0. The van der Waals surface area contributed by atoms with Crippen LogP contribution in [0.1, 0.15) is 48.5 Å². The maximum absolute atomic E-state index is 13.0. The number of ether oxygens (including phenoxy) is 3. The summed E-state index contributed by atoms with van der Waals surface area (Å²) in [5.74, 6) is 0. The highest BCUT2D eigenvalue weighted by Crippen LogP contribution is 2.59. The normalized spacial score (nSPS) is 38.3. The Hall–Kier alpha value is 0.0700. The van der Waals surface area contributed by atoms with Crippen LogP contribution in [0.3, 0.4) is 0 Å². The van der Waals surface area contributed by atoms with Crippen molar-refractivity contribution in [1.82, 2.24) is 0 Å². The van der Waals surface area contributed by atoms with Crippen LogP contribution in [0.15, 0.2) is 0 Å². The van der Waals surface area contributed by atoms with Gasteiger partial charge in [0, 0.05) is 11.8 Å². The maximum Gasteiger partial charge on any atom is 0.205 e. The van der Waals surface area contributed by atoms with Gasteiger partial charge in [0.1, 0.15) is 17.8 Å². The van der Waals surface area contributed by atoms with Crippen LogP contribution >= 0.6 is 7.37 Å². The van der Waals surface area contributed by atoms with Gasteiger partial charge >= 0.3 is 0 Å². The molecule has 2 fully saturated rings. The van der Waals surface area contributed by atoms with Crippen LogP contribution in [0.25, 0.3) is 0 Å². The smallest absolute Gasteiger partial charge is 0.205 e. The Kier molecular flexibility index (Phi) is 4.65. The Balaban J connectivity index is 2.20. The van der Waals surface area contributed by atoms with E-state index < -0.39 is 18.1 Å². The zero-order chi connectivity index (χ0) is 17.0. The molecule has 22 heavy (non-hydrogen) atoms. The van der Waals surface area contributed by atoms with E-state index in [0.29, 0.717) is 13.2 Å². The molecule has 2 unspecified atom stereocenters. The fraction of sp³-hybridized carbons (Fsp3) is 1.00. The predicted octanol–water partition coefficient (Wildman–Crippen LogP) is 3.45. The molecule has 0 aromatic carbocycles. The summed E-state index contributed by atoms with van der Waals surface area (Å²) in [5, 5.41) is -0.412. The molecule has 0 aromatic heterocycles. The molecule has 0 radical (unpaired) electrons. The second-order valence-electron chi connectivity index (χ2n) is 8.61. The van der Waals surface area contributed by atoms with Gasteiger partial charge in [-0.3, -0.25) is 4.57 Å². The molecular formula is C16H31O5P. The van der Waals surface area contributed by atoms with Gasteiger partial charge in [0.25, 0.3) is 0 Å². The SMILES string of the molecule is C[C@@H]1O[C@]2(COC(C)(C)C)CO[C@H]1C2OP(C)(=O)C(C)(C)C. The molecule has 2 rings (SSSR count). The molecule has 0 N–H and O–H groups in total. The molecule has 2 aliphatic heterocycles. The van der Waals surface area contributed by atoms with E-state index in [0.717, 1.165) is 0 Å². The average molecular weight is 334 g/mol. The van der Waals surface area contributed by atoms with Crippen molar-refractivity contribution >= 4 is 7.37 Å². The minimum Gasteiger partial charge on any atom is -0.373 e. The van der Waals surface area contributed by atoms with Gasteiger partial charge in [-0.25, -0.2) is 0 Å². The largest absolute Gasteiger partial charge is 0.373 e. The molecular weight excluding hydrogens is 303 g/mol. The van der Waals surface area contributed by atoms with Crippen molar-refractivity contribution in [3.8, 4) is 0 Å². The Labute approximate surface area is 134 Å². The summed E-state index contributed by atoms with van der Waals surface area (Å²) >= 11 is 0. The maximum atomic E-state index is 13.0. The van der Waals surface area contributed by atoms with Crippen molar-refractivity contribution in [3.63, 3.8) is 0 Å². The van der Waals surface area contributed by atoms with Crippen LogP contribution in [0.5, 0.6) is 0 Å². The van der Waals surface area contributed by atoms with Gasteiger partial charge in [-0.1, -0.05) is 20.8 Å². The molecule has 0 amide bonds. The molecule has 0 saturated carbocycles. The lowest BCUT2D eigenvalue weighted by molar-refractivity contribution is -0.179. The lowest BCUT2D eigenvalue weighted by Crippen LogP contribution is -2.48. The molecule has 2 saturated heterocycles. The van der Waals surface area contributed by atoms with Crippen LogP contribution < -0.4 is 0 Å². The molecule has 0 aromatic rings. The zero-order valence-electron chi connectivity index (χ0n) is 15.1. The van der Waals surface area contributed by atoms with E-state index in [2.05, 4.69) is 0 Å². The van der Waals surface area contributed by atoms with Crippen LogP contribution in [0.4, 0.5) is 0 Å². The standard InChI is InChI=1S/C16H31O5P/c1-11-12-13(21-22(8,17)15(5,6)7)16(20-11,9-18-12)10-19-14(2,3)4/h11-13H,9-10H2,1-8H3/t11-,12+,13?,16-,22?/m0/s1. The van der Waals surface area contributed by atoms with E-state index in [9.17, 15) is 4.57 Å². The minimum absolute atomic E-state index is 0.0812. The van der Waals surface area contributed by atoms with Crippen LogP contribution in [-0.4, -0.2) is 54.5 Å². The van der Waals surface area contributed by atoms with Crippen LogP contribution in [0.2, 0.25) is 0 Å². The highest BCUT2D eigenvalue weighted by Gasteiger charge is 2.63. The molecule has 2 aliphatic rings. The van der Waals surface area contributed by atoms with E-state index in [1.54, 1.807) is 6.66 Å². The summed E-state index contributed by atoms with van der Waals surface area (Å²) < 4.78 is 37.0. The lowest BCUT2D eigenvalue weighted by Gasteiger charge is -2.36. The first-order chi connectivity index (χ1) is 9.78. The topological polar surface area (TPSA) is 54.0 Å². The summed E-state index contributed by atoms with van der Waals surface area (Å²) in [5.41, 5.74) is -0.930. The van der Waals surface area contributed by atoms with Gasteiger partial charge in [0.05, 0.1) is 24.9 Å². The van der Waals surface area contributed by atoms with E-state index >= 15 is 0 Å². The molecule has 0 spiro atoms. The third kappa shape index (κ3) is 3.44. The highest BCUT2D eigenvalue weighted by atomic mass is 31.2. The highest BCUT2D eigenvalue weighted by molar-refractivity contribution is 7.59. The van der Waals surface area contributed by atoms with Crippen molar-refractivity contribution in [3.05, 3.63) is 0 Å². The fourth-order valence-electron chi connectivity index (χ4n) is 2.65. The molecule has 5 nitrogen and oxygen atoms in total.